The van der Waals surface area contributed by atoms with E-state index in [0.717, 1.165) is 11.8 Å². The normalized spacial score (nSPS) is 35.1. The Morgan fingerprint density at radius 1 is 1.47 bits per heavy atom. The van der Waals surface area contributed by atoms with Crippen molar-refractivity contribution < 1.29 is 4.52 Å². The molecule has 3 atom stereocenters. The molecule has 2 saturated heterocycles. The average Bonchev–Trinajstić information content (AvgIpc) is 2.85. The Hall–Kier alpha value is -1.09. The molecule has 0 amide bonds. The Morgan fingerprint density at radius 2 is 2.47 bits per heavy atom. The molecule has 2 aliphatic heterocycles. The number of nitrogens with zero attached hydrogens (tertiary/aromatic N) is 1. The van der Waals surface area contributed by atoms with Gasteiger partial charge in [-0.05, 0) is 31.3 Å². The maximum Gasteiger partial charge on any atom is 0.159 e. The highest BCUT2D eigenvalue weighted by atomic mass is 16.5. The third-order valence-electron chi connectivity index (χ3n) is 3.56. The minimum atomic E-state index is 0.683. The van der Waals surface area contributed by atoms with Crippen molar-refractivity contribution in [3.8, 4) is 0 Å². The second kappa shape index (κ2) is 3.81. The van der Waals surface area contributed by atoms with Gasteiger partial charge in [-0.25, -0.2) is 0 Å². The zero-order valence-corrected chi connectivity index (χ0v) is 8.73. The van der Waals surface area contributed by atoms with Crippen molar-refractivity contribution in [1.82, 2.24) is 10.5 Å². The van der Waals surface area contributed by atoms with E-state index in [1.54, 1.807) is 6.20 Å². The van der Waals surface area contributed by atoms with Crippen molar-refractivity contribution in [2.75, 3.05) is 0 Å². The Labute approximate surface area is 89.5 Å². The number of rotatable bonds is 2. The molecule has 0 radical (unpaired) electrons. The summed E-state index contributed by atoms with van der Waals surface area (Å²) < 4.78 is 5.05. The quantitative estimate of drug-likeness (QED) is 0.802. The zero-order chi connectivity index (χ0) is 10.1. The molecule has 0 spiro atoms. The molecule has 0 aliphatic carbocycles. The van der Waals surface area contributed by atoms with Gasteiger partial charge in [-0.1, -0.05) is 17.7 Å². The minimum absolute atomic E-state index is 0.683. The van der Waals surface area contributed by atoms with Crippen molar-refractivity contribution in [2.45, 2.75) is 37.8 Å². The SMILES string of the molecule is C(=CC1CC2CCCC1N2)c1ccno1. The van der Waals surface area contributed by atoms with Gasteiger partial charge in [-0.15, -0.1) is 0 Å². The molecule has 2 aliphatic rings. The summed E-state index contributed by atoms with van der Waals surface area (Å²) in [5.74, 6) is 1.54. The molecule has 1 aromatic heterocycles. The number of hydrogen-bond donors (Lipinski definition) is 1. The van der Waals surface area contributed by atoms with E-state index in [-0.39, 0.29) is 0 Å². The maximum atomic E-state index is 5.05. The van der Waals surface area contributed by atoms with Crippen LogP contribution in [0.25, 0.3) is 6.08 Å². The van der Waals surface area contributed by atoms with E-state index < -0.39 is 0 Å². The van der Waals surface area contributed by atoms with Gasteiger partial charge in [-0.3, -0.25) is 0 Å². The van der Waals surface area contributed by atoms with Gasteiger partial charge in [0.1, 0.15) is 0 Å². The molecule has 2 bridgehead atoms. The number of hydrogen-bond acceptors (Lipinski definition) is 3. The van der Waals surface area contributed by atoms with Crippen LogP contribution in [0.1, 0.15) is 31.4 Å². The van der Waals surface area contributed by atoms with Gasteiger partial charge >= 0.3 is 0 Å². The van der Waals surface area contributed by atoms with Gasteiger partial charge in [0.15, 0.2) is 5.76 Å². The van der Waals surface area contributed by atoms with Gasteiger partial charge in [0.25, 0.3) is 0 Å². The van der Waals surface area contributed by atoms with E-state index in [9.17, 15) is 0 Å². The van der Waals surface area contributed by atoms with Crippen molar-refractivity contribution in [2.24, 2.45) is 5.92 Å². The number of nitrogens with one attached hydrogen (secondary N) is 1. The van der Waals surface area contributed by atoms with Crippen molar-refractivity contribution >= 4 is 6.08 Å². The fourth-order valence-corrected chi connectivity index (χ4v) is 2.81. The smallest absolute Gasteiger partial charge is 0.159 e. The summed E-state index contributed by atoms with van der Waals surface area (Å²) in [5.41, 5.74) is 0. The second-order valence-corrected chi connectivity index (χ2v) is 4.57. The van der Waals surface area contributed by atoms with Crippen LogP contribution in [-0.2, 0) is 0 Å². The standard InChI is InChI=1S/C12H16N2O/c1-2-10-8-9(12(3-1)14-10)4-5-11-6-7-13-15-11/h4-7,9-10,12,14H,1-3,8H2. The highest BCUT2D eigenvalue weighted by Crippen LogP contribution is 2.32. The van der Waals surface area contributed by atoms with Crippen LogP contribution >= 0.6 is 0 Å². The summed E-state index contributed by atoms with van der Waals surface area (Å²) in [6.07, 6.45) is 11.4. The fraction of sp³-hybridized carbons (Fsp3) is 0.583. The van der Waals surface area contributed by atoms with Crippen molar-refractivity contribution in [1.29, 1.82) is 0 Å². The van der Waals surface area contributed by atoms with Crippen LogP contribution in [0.3, 0.4) is 0 Å². The fourth-order valence-electron chi connectivity index (χ4n) is 2.81. The number of aromatic nitrogens is 1. The summed E-state index contributed by atoms with van der Waals surface area (Å²) in [6.45, 7) is 0. The average molecular weight is 204 g/mol. The highest BCUT2D eigenvalue weighted by molar-refractivity contribution is 5.42. The summed E-state index contributed by atoms with van der Waals surface area (Å²) in [5, 5.41) is 7.37. The first-order valence-electron chi connectivity index (χ1n) is 5.77. The van der Waals surface area contributed by atoms with E-state index >= 15 is 0 Å². The highest BCUT2D eigenvalue weighted by Gasteiger charge is 2.34. The molecule has 15 heavy (non-hydrogen) atoms. The molecule has 3 heterocycles. The van der Waals surface area contributed by atoms with E-state index in [4.69, 9.17) is 4.52 Å². The van der Waals surface area contributed by atoms with Crippen molar-refractivity contribution in [3.05, 3.63) is 24.1 Å². The summed E-state index contributed by atoms with van der Waals surface area (Å²) in [4.78, 5) is 0. The van der Waals surface area contributed by atoms with Gasteiger partial charge in [0.2, 0.25) is 0 Å². The molecule has 2 fully saturated rings. The largest absolute Gasteiger partial charge is 0.357 e. The van der Waals surface area contributed by atoms with Gasteiger partial charge in [0, 0.05) is 18.2 Å². The molecule has 80 valence electrons. The van der Waals surface area contributed by atoms with Gasteiger partial charge in [0.05, 0.1) is 6.20 Å². The molecule has 3 nitrogen and oxygen atoms in total. The van der Waals surface area contributed by atoms with E-state index in [0.29, 0.717) is 12.0 Å². The predicted octanol–water partition coefficient (Wildman–Crippen LogP) is 2.22. The third kappa shape index (κ3) is 1.84. The topological polar surface area (TPSA) is 38.1 Å². The lowest BCUT2D eigenvalue weighted by Crippen LogP contribution is -2.35. The molecule has 0 saturated carbocycles. The first kappa shape index (κ1) is 9.16. The van der Waals surface area contributed by atoms with Crippen LogP contribution in [0.2, 0.25) is 0 Å². The van der Waals surface area contributed by atoms with Crippen LogP contribution in [0.5, 0.6) is 0 Å². The van der Waals surface area contributed by atoms with Crippen LogP contribution in [0.15, 0.2) is 22.9 Å². The minimum Gasteiger partial charge on any atom is -0.357 e. The molecule has 1 N–H and O–H groups in total. The molecule has 0 aromatic carbocycles. The molecule has 3 unspecified atom stereocenters. The van der Waals surface area contributed by atoms with Crippen LogP contribution in [0, 0.1) is 5.92 Å². The lowest BCUT2D eigenvalue weighted by Gasteiger charge is -2.21. The zero-order valence-electron chi connectivity index (χ0n) is 8.73. The lowest BCUT2D eigenvalue weighted by molar-refractivity contribution is 0.392. The number of piperidine rings is 1. The Kier molecular flexibility index (Phi) is 2.33. The Bertz CT molecular complexity index is 345. The van der Waals surface area contributed by atoms with Crippen LogP contribution in [0.4, 0.5) is 0 Å². The Morgan fingerprint density at radius 3 is 3.27 bits per heavy atom. The second-order valence-electron chi connectivity index (χ2n) is 4.57. The van der Waals surface area contributed by atoms with E-state index in [1.165, 1.54) is 25.7 Å². The monoisotopic (exact) mass is 204 g/mol. The predicted molar refractivity (Wildman–Crippen MR) is 58.2 cm³/mol. The lowest BCUT2D eigenvalue weighted by atomic mass is 9.98. The first-order valence-corrected chi connectivity index (χ1v) is 5.77. The van der Waals surface area contributed by atoms with Crippen molar-refractivity contribution in [3.63, 3.8) is 0 Å². The van der Waals surface area contributed by atoms with E-state index in [1.807, 2.05) is 6.07 Å². The molecule has 3 rings (SSSR count). The molecular weight excluding hydrogens is 188 g/mol. The van der Waals surface area contributed by atoms with Crippen LogP contribution < -0.4 is 5.32 Å². The third-order valence-corrected chi connectivity index (χ3v) is 3.56. The Balaban J connectivity index is 1.68. The first-order chi connectivity index (χ1) is 7.42. The summed E-state index contributed by atoms with van der Waals surface area (Å²) in [7, 11) is 0. The van der Waals surface area contributed by atoms with Gasteiger partial charge in [-0.2, -0.15) is 0 Å². The number of fused-ring (bicyclic) bond motifs is 2. The van der Waals surface area contributed by atoms with Crippen LogP contribution in [-0.4, -0.2) is 17.2 Å². The van der Waals surface area contributed by atoms with E-state index in [2.05, 4.69) is 22.6 Å². The molecular formula is C12H16N2O. The van der Waals surface area contributed by atoms with Gasteiger partial charge < -0.3 is 9.84 Å². The molecule has 3 heteroatoms. The maximum absolute atomic E-state index is 5.05. The molecule has 1 aromatic rings. The summed E-state index contributed by atoms with van der Waals surface area (Å²) in [6, 6.07) is 3.35. The summed E-state index contributed by atoms with van der Waals surface area (Å²) >= 11 is 0.